The third-order valence-electron chi connectivity index (χ3n) is 1.73. The van der Waals surface area contributed by atoms with Crippen LogP contribution in [0.4, 0.5) is 0 Å². The van der Waals surface area contributed by atoms with Gasteiger partial charge in [0, 0.05) is 19.3 Å². The molecule has 0 spiro atoms. The molecule has 0 atom stereocenters. The smallest absolute Gasteiger partial charge is 0.137 e. The number of ketones is 1. The highest BCUT2D eigenvalue weighted by Crippen LogP contribution is 1.99. The Morgan fingerprint density at radius 3 is 3.08 bits per heavy atom. The number of aromatic nitrogens is 3. The number of rotatable bonds is 5. The molecule has 0 aliphatic carbocycles. The molecule has 0 radical (unpaired) electrons. The zero-order valence-corrected chi connectivity index (χ0v) is 7.21. The number of H-pyrrole nitrogens is 1. The summed E-state index contributed by atoms with van der Waals surface area (Å²) in [7, 11) is 0. The quantitative estimate of drug-likeness (QED) is 0.714. The molecule has 1 aromatic heterocycles. The molecule has 0 fully saturated rings. The topological polar surface area (TPSA) is 58.6 Å². The van der Waals surface area contributed by atoms with Crippen molar-refractivity contribution in [1.29, 1.82) is 0 Å². The Balaban J connectivity index is 2.15. The predicted octanol–water partition coefficient (Wildman–Crippen LogP) is 1.11. The molecule has 1 N–H and O–H groups in total. The van der Waals surface area contributed by atoms with Crippen molar-refractivity contribution in [1.82, 2.24) is 15.2 Å². The number of Topliss-reactive ketones (excluding diaryl/α,β-unsaturated/α-hetero) is 1. The van der Waals surface area contributed by atoms with Crippen LogP contribution < -0.4 is 0 Å². The molecule has 0 aliphatic heterocycles. The molecule has 66 valence electrons. The predicted molar refractivity (Wildman–Crippen MR) is 44.6 cm³/mol. The maximum Gasteiger partial charge on any atom is 0.137 e. The lowest BCUT2D eigenvalue weighted by Crippen LogP contribution is -1.97. The Hall–Kier alpha value is -1.19. The number of carbonyl (C=O) groups excluding carboxylic acids is 1. The Bertz CT molecular complexity index is 230. The maximum absolute atomic E-state index is 10.9. The van der Waals surface area contributed by atoms with Gasteiger partial charge in [-0.15, -0.1) is 0 Å². The monoisotopic (exact) mass is 167 g/mol. The van der Waals surface area contributed by atoms with Crippen LogP contribution in [0.2, 0.25) is 0 Å². The van der Waals surface area contributed by atoms with Crippen LogP contribution in [-0.2, 0) is 11.2 Å². The molecule has 1 rings (SSSR count). The minimum absolute atomic E-state index is 0.314. The average Bonchev–Trinajstić information content (AvgIpc) is 2.57. The van der Waals surface area contributed by atoms with Crippen LogP contribution in [0, 0.1) is 0 Å². The van der Waals surface area contributed by atoms with E-state index in [-0.39, 0.29) is 0 Å². The summed E-state index contributed by atoms with van der Waals surface area (Å²) in [6.45, 7) is 1.89. The van der Waals surface area contributed by atoms with Crippen molar-refractivity contribution in [3.63, 3.8) is 0 Å². The fourth-order valence-electron chi connectivity index (χ4n) is 0.981. The molecule has 0 saturated heterocycles. The molecular formula is C8H13N3O. The molecule has 0 saturated carbocycles. The van der Waals surface area contributed by atoms with E-state index < -0.39 is 0 Å². The highest BCUT2D eigenvalue weighted by molar-refractivity contribution is 5.77. The molecule has 4 nitrogen and oxygen atoms in total. The normalized spacial score (nSPS) is 10.1. The summed E-state index contributed by atoms with van der Waals surface area (Å²) in [6, 6.07) is 0. The van der Waals surface area contributed by atoms with Gasteiger partial charge in [-0.2, -0.15) is 5.10 Å². The first kappa shape index (κ1) is 8.90. The molecule has 0 bridgehead atoms. The molecule has 4 heteroatoms. The molecular weight excluding hydrogens is 154 g/mol. The summed E-state index contributed by atoms with van der Waals surface area (Å²) in [5.74, 6) is 1.17. The van der Waals surface area contributed by atoms with Gasteiger partial charge in [-0.1, -0.05) is 6.92 Å². The summed E-state index contributed by atoms with van der Waals surface area (Å²) in [5, 5.41) is 6.48. The van der Waals surface area contributed by atoms with Crippen LogP contribution in [0.25, 0.3) is 0 Å². The zero-order valence-electron chi connectivity index (χ0n) is 7.21. The summed E-state index contributed by atoms with van der Waals surface area (Å²) in [5.41, 5.74) is 0. The van der Waals surface area contributed by atoms with Crippen LogP contribution >= 0.6 is 0 Å². The fraction of sp³-hybridized carbons (Fsp3) is 0.625. The SMILES string of the molecule is CCC(=O)CCCc1ncn[nH]1. The summed E-state index contributed by atoms with van der Waals surface area (Å²) >= 11 is 0. The van der Waals surface area contributed by atoms with E-state index in [4.69, 9.17) is 0 Å². The van der Waals surface area contributed by atoms with Crippen LogP contribution in [0.3, 0.4) is 0 Å². The lowest BCUT2D eigenvalue weighted by molar-refractivity contribution is -0.118. The van der Waals surface area contributed by atoms with Gasteiger partial charge in [-0.3, -0.25) is 9.89 Å². The second-order valence-electron chi connectivity index (χ2n) is 2.68. The van der Waals surface area contributed by atoms with E-state index >= 15 is 0 Å². The van der Waals surface area contributed by atoms with Gasteiger partial charge in [0.1, 0.15) is 17.9 Å². The number of nitrogens with zero attached hydrogens (tertiary/aromatic N) is 2. The summed E-state index contributed by atoms with van der Waals surface area (Å²) < 4.78 is 0. The number of aromatic amines is 1. The van der Waals surface area contributed by atoms with Crippen LogP contribution in [0.1, 0.15) is 32.0 Å². The maximum atomic E-state index is 10.9. The standard InChI is InChI=1S/C8H13N3O/c1-2-7(12)4-3-5-8-9-6-10-11-8/h6H,2-5H2,1H3,(H,9,10,11). The minimum Gasteiger partial charge on any atom is -0.300 e. The number of hydrogen-bond donors (Lipinski definition) is 1. The minimum atomic E-state index is 0.314. The van der Waals surface area contributed by atoms with Crippen molar-refractivity contribution in [2.24, 2.45) is 0 Å². The van der Waals surface area contributed by atoms with Gasteiger partial charge in [-0.05, 0) is 6.42 Å². The van der Waals surface area contributed by atoms with E-state index in [9.17, 15) is 4.79 Å². The second-order valence-corrected chi connectivity index (χ2v) is 2.68. The Kier molecular flexibility index (Phi) is 3.44. The van der Waals surface area contributed by atoms with Gasteiger partial charge in [0.25, 0.3) is 0 Å². The van der Waals surface area contributed by atoms with Crippen molar-refractivity contribution in [3.05, 3.63) is 12.2 Å². The van der Waals surface area contributed by atoms with Crippen molar-refractivity contribution in [2.45, 2.75) is 32.6 Å². The first-order valence-corrected chi connectivity index (χ1v) is 4.19. The first-order chi connectivity index (χ1) is 5.83. The van der Waals surface area contributed by atoms with E-state index in [1.165, 1.54) is 6.33 Å². The van der Waals surface area contributed by atoms with Crippen molar-refractivity contribution in [2.75, 3.05) is 0 Å². The number of carbonyl (C=O) groups is 1. The summed E-state index contributed by atoms with van der Waals surface area (Å²) in [4.78, 5) is 14.9. The third kappa shape index (κ3) is 2.82. The molecule has 0 aliphatic rings. The van der Waals surface area contributed by atoms with Crippen LogP contribution in [0.15, 0.2) is 6.33 Å². The molecule has 12 heavy (non-hydrogen) atoms. The van der Waals surface area contributed by atoms with E-state index in [1.54, 1.807) is 0 Å². The second kappa shape index (κ2) is 4.64. The number of nitrogens with one attached hydrogen (secondary N) is 1. The Labute approximate surface area is 71.4 Å². The molecule has 0 amide bonds. The van der Waals surface area contributed by atoms with Gasteiger partial charge < -0.3 is 0 Å². The van der Waals surface area contributed by atoms with Crippen molar-refractivity contribution < 1.29 is 4.79 Å². The van der Waals surface area contributed by atoms with E-state index in [0.29, 0.717) is 18.6 Å². The fourth-order valence-corrected chi connectivity index (χ4v) is 0.981. The molecule has 0 aromatic carbocycles. The van der Waals surface area contributed by atoms with Gasteiger partial charge >= 0.3 is 0 Å². The van der Waals surface area contributed by atoms with Crippen molar-refractivity contribution >= 4 is 5.78 Å². The summed E-state index contributed by atoms with van der Waals surface area (Å²) in [6.07, 6.45) is 4.44. The zero-order chi connectivity index (χ0) is 8.81. The number of aryl methyl sites for hydroxylation is 1. The average molecular weight is 167 g/mol. The van der Waals surface area contributed by atoms with E-state index in [1.807, 2.05) is 6.92 Å². The molecule has 1 aromatic rings. The third-order valence-corrected chi connectivity index (χ3v) is 1.73. The van der Waals surface area contributed by atoms with E-state index in [2.05, 4.69) is 15.2 Å². The highest BCUT2D eigenvalue weighted by Gasteiger charge is 1.99. The first-order valence-electron chi connectivity index (χ1n) is 4.19. The van der Waals surface area contributed by atoms with Crippen LogP contribution in [-0.4, -0.2) is 21.0 Å². The van der Waals surface area contributed by atoms with Gasteiger partial charge in [-0.25, -0.2) is 4.98 Å². The van der Waals surface area contributed by atoms with Gasteiger partial charge in [0.15, 0.2) is 0 Å². The Morgan fingerprint density at radius 2 is 2.50 bits per heavy atom. The highest BCUT2D eigenvalue weighted by atomic mass is 16.1. The van der Waals surface area contributed by atoms with Crippen molar-refractivity contribution in [3.8, 4) is 0 Å². The Morgan fingerprint density at radius 1 is 1.67 bits per heavy atom. The number of hydrogen-bond acceptors (Lipinski definition) is 3. The van der Waals surface area contributed by atoms with E-state index in [0.717, 1.165) is 18.7 Å². The van der Waals surface area contributed by atoms with Gasteiger partial charge in [0.2, 0.25) is 0 Å². The molecule has 1 heterocycles. The lowest BCUT2D eigenvalue weighted by atomic mass is 10.1. The van der Waals surface area contributed by atoms with Gasteiger partial charge in [0.05, 0.1) is 0 Å². The largest absolute Gasteiger partial charge is 0.300 e. The van der Waals surface area contributed by atoms with Crippen LogP contribution in [0.5, 0.6) is 0 Å². The molecule has 0 unspecified atom stereocenters. The lowest BCUT2D eigenvalue weighted by Gasteiger charge is -1.94.